The first-order valence-corrected chi connectivity index (χ1v) is 5.18. The minimum absolute atomic E-state index is 0.366. The number of hydrogen-bond acceptors (Lipinski definition) is 4. The van der Waals surface area contributed by atoms with Crippen molar-refractivity contribution in [2.45, 2.75) is 12.8 Å². The molecule has 0 fully saturated rings. The van der Waals surface area contributed by atoms with Gasteiger partial charge in [0.2, 0.25) is 0 Å². The minimum Gasteiger partial charge on any atom is -0.359 e. The molecular weight excluding hydrogens is 198 g/mol. The maximum absolute atomic E-state index is 5.12. The number of ether oxygens (including phenoxy) is 4. The monoisotopic (exact) mass is 220 g/mol. The Morgan fingerprint density at radius 3 is 1.67 bits per heavy atom. The number of nitrogens with zero attached hydrogens (tertiary/aromatic N) is 1. The maximum atomic E-state index is 5.12. The summed E-state index contributed by atoms with van der Waals surface area (Å²) < 4.78 is 19.7. The Kier molecular flexibility index (Phi) is 13.6. The van der Waals surface area contributed by atoms with Crippen LogP contribution in [0.1, 0.15) is 12.8 Å². The van der Waals surface area contributed by atoms with E-state index in [4.69, 9.17) is 18.9 Å². The zero-order chi connectivity index (χ0) is 11.2. The first kappa shape index (κ1) is 14.8. The molecule has 0 aromatic heterocycles. The molecule has 0 atom stereocenters. The fourth-order valence-corrected chi connectivity index (χ4v) is 0.953. The molecule has 0 aliphatic heterocycles. The Morgan fingerprint density at radius 1 is 0.800 bits per heavy atom. The third-order valence-corrected chi connectivity index (χ3v) is 1.61. The molecule has 0 aliphatic rings. The molecule has 0 saturated carbocycles. The second kappa shape index (κ2) is 13.8. The van der Waals surface area contributed by atoms with Gasteiger partial charge in [0.25, 0.3) is 0 Å². The summed E-state index contributed by atoms with van der Waals surface area (Å²) in [4.78, 5) is 0. The van der Waals surface area contributed by atoms with Crippen LogP contribution < -0.4 is 5.32 Å². The highest BCUT2D eigenvalue weighted by Gasteiger charge is 1.91. The second-order valence-corrected chi connectivity index (χ2v) is 3.01. The third kappa shape index (κ3) is 13.8. The summed E-state index contributed by atoms with van der Waals surface area (Å²) in [5.41, 5.74) is 0. The quantitative estimate of drug-likeness (QED) is 0.357. The van der Waals surface area contributed by atoms with Crippen LogP contribution in [0.15, 0.2) is 0 Å². The molecule has 5 heteroatoms. The van der Waals surface area contributed by atoms with Crippen LogP contribution in [0.4, 0.5) is 0 Å². The maximum Gasteiger partial charge on any atom is 0.146 e. The Hall–Kier alpha value is -0.200. The topological polar surface area (TPSA) is 51.0 Å². The molecule has 0 spiro atoms. The zero-order valence-corrected chi connectivity index (χ0v) is 9.74. The first-order valence-electron chi connectivity index (χ1n) is 5.18. The molecule has 0 aromatic rings. The highest BCUT2D eigenvalue weighted by molar-refractivity contribution is 4.46. The average molecular weight is 220 g/mol. The summed E-state index contributed by atoms with van der Waals surface area (Å²) in [5, 5.41) is 4.33. The van der Waals surface area contributed by atoms with Gasteiger partial charge in [0.1, 0.15) is 13.6 Å². The van der Waals surface area contributed by atoms with Crippen molar-refractivity contribution in [3.05, 3.63) is 0 Å². The van der Waals surface area contributed by atoms with E-state index in [0.29, 0.717) is 26.8 Å². The van der Waals surface area contributed by atoms with Gasteiger partial charge < -0.3 is 18.9 Å². The molecule has 0 saturated heterocycles. The van der Waals surface area contributed by atoms with Gasteiger partial charge in [-0.05, 0) is 12.8 Å². The highest BCUT2D eigenvalue weighted by Crippen LogP contribution is 1.85. The Labute approximate surface area is 92.0 Å². The predicted octanol–water partition coefficient (Wildman–Crippen LogP) is 0.612. The van der Waals surface area contributed by atoms with Crippen LogP contribution in [0.2, 0.25) is 0 Å². The van der Waals surface area contributed by atoms with E-state index in [2.05, 4.69) is 5.32 Å². The van der Waals surface area contributed by atoms with Gasteiger partial charge in [-0.1, -0.05) is 0 Å². The van der Waals surface area contributed by atoms with E-state index in [1.54, 1.807) is 14.2 Å². The van der Waals surface area contributed by atoms with E-state index in [9.17, 15) is 0 Å². The van der Waals surface area contributed by atoms with E-state index in [1.165, 1.54) is 0 Å². The molecule has 0 unspecified atom stereocenters. The van der Waals surface area contributed by atoms with Crippen molar-refractivity contribution in [2.24, 2.45) is 0 Å². The van der Waals surface area contributed by atoms with Crippen molar-refractivity contribution in [1.82, 2.24) is 5.32 Å². The average Bonchev–Trinajstić information content (AvgIpc) is 2.26. The Morgan fingerprint density at radius 2 is 1.27 bits per heavy atom. The van der Waals surface area contributed by atoms with Crippen molar-refractivity contribution < 1.29 is 18.9 Å². The van der Waals surface area contributed by atoms with Crippen LogP contribution >= 0.6 is 0 Å². The molecule has 91 valence electrons. The lowest BCUT2D eigenvalue weighted by atomic mass is 10.4. The van der Waals surface area contributed by atoms with Gasteiger partial charge in [-0.2, -0.15) is 0 Å². The fourth-order valence-electron chi connectivity index (χ4n) is 0.953. The minimum atomic E-state index is 0.366. The van der Waals surface area contributed by atoms with E-state index in [-0.39, 0.29) is 0 Å². The van der Waals surface area contributed by atoms with Gasteiger partial charge in [-0.25, -0.2) is 5.32 Å². The Bertz CT molecular complexity index is 102. The van der Waals surface area contributed by atoms with Crippen LogP contribution in [0.25, 0.3) is 0 Å². The normalized spacial score (nSPS) is 10.8. The van der Waals surface area contributed by atoms with Crippen LogP contribution in [0, 0.1) is 0 Å². The van der Waals surface area contributed by atoms with Gasteiger partial charge in [0, 0.05) is 27.3 Å². The van der Waals surface area contributed by atoms with Crippen LogP contribution in [-0.2, 0) is 18.9 Å². The van der Waals surface area contributed by atoms with E-state index < -0.39 is 0 Å². The van der Waals surface area contributed by atoms with Crippen LogP contribution in [0.3, 0.4) is 0 Å². The molecule has 1 radical (unpaired) electrons. The lowest BCUT2D eigenvalue weighted by Crippen LogP contribution is -2.13. The SMILES string of the molecule is COCOCCC[N]CCCOCOC. The van der Waals surface area contributed by atoms with Crippen molar-refractivity contribution in [2.75, 3.05) is 54.1 Å². The molecule has 0 rings (SSSR count). The molecule has 0 N–H and O–H groups in total. The summed E-state index contributed by atoms with van der Waals surface area (Å²) in [6.07, 6.45) is 1.89. The molecular formula is C10H22NO4. The van der Waals surface area contributed by atoms with Gasteiger partial charge in [0.15, 0.2) is 0 Å². The van der Waals surface area contributed by atoms with Crippen molar-refractivity contribution in [1.29, 1.82) is 0 Å². The molecule has 0 bridgehead atoms. The van der Waals surface area contributed by atoms with Crippen molar-refractivity contribution in [3.8, 4) is 0 Å². The van der Waals surface area contributed by atoms with Gasteiger partial charge >= 0.3 is 0 Å². The van der Waals surface area contributed by atoms with Crippen LogP contribution in [-0.4, -0.2) is 54.1 Å². The van der Waals surface area contributed by atoms with Crippen molar-refractivity contribution in [3.63, 3.8) is 0 Å². The van der Waals surface area contributed by atoms with Gasteiger partial charge in [-0.3, -0.25) is 0 Å². The summed E-state index contributed by atoms with van der Waals surface area (Å²) in [6.45, 7) is 3.83. The molecule has 5 nitrogen and oxygen atoms in total. The number of rotatable bonds is 12. The second-order valence-electron chi connectivity index (χ2n) is 3.01. The zero-order valence-electron chi connectivity index (χ0n) is 9.74. The molecule has 15 heavy (non-hydrogen) atoms. The molecule has 0 heterocycles. The van der Waals surface area contributed by atoms with Crippen molar-refractivity contribution >= 4 is 0 Å². The predicted molar refractivity (Wildman–Crippen MR) is 56.8 cm³/mol. The highest BCUT2D eigenvalue weighted by atomic mass is 16.7. The summed E-state index contributed by atoms with van der Waals surface area (Å²) >= 11 is 0. The van der Waals surface area contributed by atoms with E-state index >= 15 is 0 Å². The molecule has 0 aromatic carbocycles. The number of methoxy groups -OCH3 is 2. The van der Waals surface area contributed by atoms with E-state index in [0.717, 1.165) is 25.9 Å². The standard InChI is InChI=1S/C10H22NO4/c1-12-9-14-7-3-5-11-6-4-8-15-10-13-2/h3-10H2,1-2H3. The van der Waals surface area contributed by atoms with E-state index in [1.807, 2.05) is 0 Å². The van der Waals surface area contributed by atoms with Crippen LogP contribution in [0.5, 0.6) is 0 Å². The lowest BCUT2D eigenvalue weighted by Gasteiger charge is -2.04. The summed E-state index contributed by atoms with van der Waals surface area (Å²) in [5.74, 6) is 0. The number of hydrogen-bond donors (Lipinski definition) is 0. The fraction of sp³-hybridized carbons (Fsp3) is 1.00. The first-order chi connectivity index (χ1) is 7.41. The lowest BCUT2D eigenvalue weighted by molar-refractivity contribution is -0.0322. The third-order valence-electron chi connectivity index (χ3n) is 1.61. The molecule has 0 amide bonds. The summed E-state index contributed by atoms with van der Waals surface area (Å²) in [7, 11) is 3.23. The smallest absolute Gasteiger partial charge is 0.146 e. The van der Waals surface area contributed by atoms with Gasteiger partial charge in [-0.15, -0.1) is 0 Å². The molecule has 0 aliphatic carbocycles. The Balaban J connectivity index is 2.81. The largest absolute Gasteiger partial charge is 0.359 e. The van der Waals surface area contributed by atoms with Gasteiger partial charge in [0.05, 0.1) is 13.2 Å². The summed E-state index contributed by atoms with van der Waals surface area (Å²) in [6, 6.07) is 0.